The lowest BCUT2D eigenvalue weighted by atomic mass is 10.1. The first-order valence-corrected chi connectivity index (χ1v) is 7.93. The lowest BCUT2D eigenvalue weighted by Gasteiger charge is -2.26. The average molecular weight is 319 g/mol. The van der Waals surface area contributed by atoms with Crippen molar-refractivity contribution in [2.75, 3.05) is 19.6 Å². The number of benzene rings is 1. The van der Waals surface area contributed by atoms with Crippen LogP contribution in [-0.2, 0) is 0 Å². The highest BCUT2D eigenvalue weighted by molar-refractivity contribution is 6.33. The molecule has 4 nitrogen and oxygen atoms in total. The Hall–Kier alpha value is -1.78. The number of hydrogen-bond donors (Lipinski definition) is 1. The minimum absolute atomic E-state index is 0.0731. The van der Waals surface area contributed by atoms with Crippen LogP contribution < -0.4 is 5.32 Å². The number of nitrogens with zero attached hydrogens (tertiary/aromatic N) is 1. The molecule has 3 rings (SSSR count). The minimum atomic E-state index is -0.152. The third-order valence-electron chi connectivity index (χ3n) is 4.03. The molecule has 2 aromatic rings. The van der Waals surface area contributed by atoms with Gasteiger partial charge in [0.1, 0.15) is 5.76 Å². The summed E-state index contributed by atoms with van der Waals surface area (Å²) in [5.41, 5.74) is 0.504. The molecule has 1 N–H and O–H groups in total. The Morgan fingerprint density at radius 3 is 2.68 bits per heavy atom. The van der Waals surface area contributed by atoms with Crippen molar-refractivity contribution in [2.45, 2.75) is 18.9 Å². The average Bonchev–Trinajstić information content (AvgIpc) is 3.21. The second-order valence-corrected chi connectivity index (χ2v) is 5.87. The first-order valence-electron chi connectivity index (χ1n) is 7.56. The molecule has 5 heteroatoms. The summed E-state index contributed by atoms with van der Waals surface area (Å²) >= 11 is 6.07. The van der Waals surface area contributed by atoms with Crippen molar-refractivity contribution in [3.8, 4) is 0 Å². The monoisotopic (exact) mass is 318 g/mol. The Bertz CT molecular complexity index is 621. The minimum Gasteiger partial charge on any atom is -0.468 e. The van der Waals surface area contributed by atoms with Gasteiger partial charge in [-0.25, -0.2) is 0 Å². The van der Waals surface area contributed by atoms with E-state index in [-0.39, 0.29) is 11.9 Å². The number of carbonyl (C=O) groups excluding carboxylic acids is 1. The van der Waals surface area contributed by atoms with Gasteiger partial charge in [-0.2, -0.15) is 0 Å². The Morgan fingerprint density at radius 2 is 2.00 bits per heavy atom. The van der Waals surface area contributed by atoms with Gasteiger partial charge in [0.2, 0.25) is 0 Å². The van der Waals surface area contributed by atoms with Gasteiger partial charge in [0.05, 0.1) is 22.9 Å². The molecule has 22 heavy (non-hydrogen) atoms. The van der Waals surface area contributed by atoms with Crippen LogP contribution in [0.1, 0.15) is 35.0 Å². The molecule has 1 atom stereocenters. The van der Waals surface area contributed by atoms with E-state index in [0.29, 0.717) is 17.1 Å². The molecule has 116 valence electrons. The van der Waals surface area contributed by atoms with E-state index in [1.165, 1.54) is 12.8 Å². The topological polar surface area (TPSA) is 45.5 Å². The molecule has 0 radical (unpaired) electrons. The molecule has 2 heterocycles. The number of nitrogens with one attached hydrogen (secondary N) is 1. The smallest absolute Gasteiger partial charge is 0.252 e. The number of likely N-dealkylation sites (tertiary alicyclic amines) is 1. The second kappa shape index (κ2) is 6.99. The van der Waals surface area contributed by atoms with Gasteiger partial charge in [0, 0.05) is 6.54 Å². The number of furan rings is 1. The summed E-state index contributed by atoms with van der Waals surface area (Å²) in [6, 6.07) is 11.0. The molecule has 1 aromatic heterocycles. The number of halogens is 1. The number of rotatable bonds is 5. The van der Waals surface area contributed by atoms with Gasteiger partial charge >= 0.3 is 0 Å². The first kappa shape index (κ1) is 15.1. The lowest BCUT2D eigenvalue weighted by Crippen LogP contribution is -2.36. The molecule has 1 fully saturated rings. The van der Waals surface area contributed by atoms with Crippen LogP contribution in [0, 0.1) is 0 Å². The van der Waals surface area contributed by atoms with E-state index in [1.807, 2.05) is 24.3 Å². The van der Waals surface area contributed by atoms with E-state index < -0.39 is 0 Å². The largest absolute Gasteiger partial charge is 0.468 e. The summed E-state index contributed by atoms with van der Waals surface area (Å²) in [6.45, 7) is 2.58. The van der Waals surface area contributed by atoms with E-state index >= 15 is 0 Å². The van der Waals surface area contributed by atoms with Gasteiger partial charge in [0.15, 0.2) is 0 Å². The van der Waals surface area contributed by atoms with Gasteiger partial charge in [-0.3, -0.25) is 9.69 Å². The van der Waals surface area contributed by atoms with Crippen LogP contribution in [0.3, 0.4) is 0 Å². The highest BCUT2D eigenvalue weighted by Gasteiger charge is 2.26. The number of hydrogen-bond acceptors (Lipinski definition) is 3. The van der Waals surface area contributed by atoms with E-state index in [4.69, 9.17) is 16.0 Å². The fourth-order valence-electron chi connectivity index (χ4n) is 2.87. The molecule has 0 spiro atoms. The van der Waals surface area contributed by atoms with Crippen LogP contribution in [0.2, 0.25) is 5.02 Å². The van der Waals surface area contributed by atoms with Crippen LogP contribution in [0.25, 0.3) is 0 Å². The highest BCUT2D eigenvalue weighted by atomic mass is 35.5. The van der Waals surface area contributed by atoms with E-state index in [9.17, 15) is 4.79 Å². The zero-order chi connectivity index (χ0) is 15.4. The third kappa shape index (κ3) is 3.34. The molecule has 0 aliphatic carbocycles. The second-order valence-electron chi connectivity index (χ2n) is 5.46. The maximum absolute atomic E-state index is 12.3. The van der Waals surface area contributed by atoms with Gasteiger partial charge in [0.25, 0.3) is 5.91 Å². The van der Waals surface area contributed by atoms with Crippen molar-refractivity contribution in [3.63, 3.8) is 0 Å². The summed E-state index contributed by atoms with van der Waals surface area (Å²) in [7, 11) is 0. The molecule has 1 saturated heterocycles. The van der Waals surface area contributed by atoms with Crippen molar-refractivity contribution in [2.24, 2.45) is 0 Å². The van der Waals surface area contributed by atoms with Crippen molar-refractivity contribution in [3.05, 3.63) is 59.0 Å². The SMILES string of the molecule is O=C(NC[C@@H](c1ccco1)N1CCCC1)c1ccccc1Cl. The summed E-state index contributed by atoms with van der Waals surface area (Å²) in [5, 5.41) is 3.45. The normalized spacial score (nSPS) is 16.6. The molecular weight excluding hydrogens is 300 g/mol. The van der Waals surface area contributed by atoms with Gasteiger partial charge < -0.3 is 9.73 Å². The molecular formula is C17H19ClN2O2. The quantitative estimate of drug-likeness (QED) is 0.917. The van der Waals surface area contributed by atoms with Crippen LogP contribution in [0.4, 0.5) is 0 Å². The first-order chi connectivity index (χ1) is 10.8. The third-order valence-corrected chi connectivity index (χ3v) is 4.36. The molecule has 1 amide bonds. The van der Waals surface area contributed by atoms with E-state index in [2.05, 4.69) is 10.2 Å². The maximum atomic E-state index is 12.3. The summed E-state index contributed by atoms with van der Waals surface area (Å²) < 4.78 is 5.55. The Morgan fingerprint density at radius 1 is 1.23 bits per heavy atom. The van der Waals surface area contributed by atoms with Gasteiger partial charge in [-0.15, -0.1) is 0 Å². The van der Waals surface area contributed by atoms with E-state index in [1.54, 1.807) is 18.4 Å². The fraction of sp³-hybridized carbons (Fsp3) is 0.353. The predicted molar refractivity (Wildman–Crippen MR) is 86.0 cm³/mol. The summed E-state index contributed by atoms with van der Waals surface area (Å²) in [5.74, 6) is 0.739. The lowest BCUT2D eigenvalue weighted by molar-refractivity contribution is 0.0934. The number of amides is 1. The maximum Gasteiger partial charge on any atom is 0.252 e. The Labute approximate surface area is 135 Å². The van der Waals surface area contributed by atoms with Crippen LogP contribution in [0.15, 0.2) is 47.1 Å². The van der Waals surface area contributed by atoms with Crippen LogP contribution in [0.5, 0.6) is 0 Å². The zero-order valence-electron chi connectivity index (χ0n) is 12.3. The molecule has 1 aromatic carbocycles. The van der Waals surface area contributed by atoms with Gasteiger partial charge in [-0.1, -0.05) is 23.7 Å². The van der Waals surface area contributed by atoms with Crippen LogP contribution in [-0.4, -0.2) is 30.4 Å². The van der Waals surface area contributed by atoms with Crippen molar-refractivity contribution in [1.29, 1.82) is 0 Å². The van der Waals surface area contributed by atoms with Crippen molar-refractivity contribution < 1.29 is 9.21 Å². The van der Waals surface area contributed by atoms with Gasteiger partial charge in [-0.05, 0) is 50.2 Å². The Balaban J connectivity index is 1.69. The predicted octanol–water partition coefficient (Wildman–Crippen LogP) is 3.50. The van der Waals surface area contributed by atoms with Crippen LogP contribution >= 0.6 is 11.6 Å². The molecule has 1 aliphatic rings. The summed E-state index contributed by atoms with van der Waals surface area (Å²) in [4.78, 5) is 14.7. The zero-order valence-corrected chi connectivity index (χ0v) is 13.1. The highest BCUT2D eigenvalue weighted by Crippen LogP contribution is 2.25. The summed E-state index contributed by atoms with van der Waals surface area (Å²) in [6.07, 6.45) is 4.06. The molecule has 0 unspecified atom stereocenters. The van der Waals surface area contributed by atoms with Crippen molar-refractivity contribution >= 4 is 17.5 Å². The van der Waals surface area contributed by atoms with Crippen molar-refractivity contribution in [1.82, 2.24) is 10.2 Å². The molecule has 0 bridgehead atoms. The molecule has 1 aliphatic heterocycles. The fourth-order valence-corrected chi connectivity index (χ4v) is 3.10. The standard InChI is InChI=1S/C17H19ClN2O2/c18-14-7-2-1-6-13(14)17(21)19-12-15(16-8-5-11-22-16)20-9-3-4-10-20/h1-2,5-8,11,15H,3-4,9-10,12H2,(H,19,21)/t15-/m0/s1. The van der Waals surface area contributed by atoms with E-state index in [0.717, 1.165) is 18.8 Å². The Kier molecular flexibility index (Phi) is 4.80. The number of carbonyl (C=O) groups is 1. The molecule has 0 saturated carbocycles.